The van der Waals surface area contributed by atoms with Crippen molar-refractivity contribution >= 4 is 169 Å². The number of nitrogen functional groups attached to an aromatic ring is 5. The van der Waals surface area contributed by atoms with Gasteiger partial charge in [0, 0.05) is 58.6 Å². The van der Waals surface area contributed by atoms with Gasteiger partial charge >= 0.3 is 18.1 Å². The molecule has 3 amide bonds. The molecule has 9 aromatic carbocycles. The normalized spacial score (nSPS) is 11.1. The van der Waals surface area contributed by atoms with Crippen molar-refractivity contribution in [3.05, 3.63) is 283 Å². The molecule has 6 heterocycles. The minimum atomic E-state index is -3.84. The Balaban J connectivity index is 0.000000156. The van der Waals surface area contributed by atoms with Crippen LogP contribution in [0, 0.1) is 30.2 Å². The van der Waals surface area contributed by atoms with E-state index in [1.54, 1.807) is 49.5 Å². The molecule has 129 heavy (non-hydrogen) atoms. The van der Waals surface area contributed by atoms with Gasteiger partial charge in [-0.1, -0.05) is 72.3 Å². The Morgan fingerprint density at radius 3 is 1.07 bits per heavy atom. The molecule has 666 valence electrons. The van der Waals surface area contributed by atoms with Crippen molar-refractivity contribution in [2.45, 2.75) is 33.1 Å². The van der Waals surface area contributed by atoms with Crippen LogP contribution >= 0.6 is 0 Å². The lowest BCUT2D eigenvalue weighted by Gasteiger charge is -2.16. The van der Waals surface area contributed by atoms with E-state index in [2.05, 4.69) is 92.6 Å². The number of nitrogens with zero attached hydrogens (tertiary/aromatic N) is 17. The fourth-order valence-electron chi connectivity index (χ4n) is 10.7. The number of hydrogen-bond acceptors (Lipinski definition) is 33. The third-order valence-corrected chi connectivity index (χ3v) is 20.7. The summed E-state index contributed by atoms with van der Waals surface area (Å²) in [6, 6.07) is 57.8. The fourth-order valence-corrected chi connectivity index (χ4v) is 12.7. The maximum atomic E-state index is 13.8. The highest BCUT2D eigenvalue weighted by atomic mass is 32.2. The number of primary sulfonamides is 4. The summed E-state index contributed by atoms with van der Waals surface area (Å²) in [6.07, 6.45) is 1.53. The number of nitrogens with one attached hydrogen (secondary N) is 7. The fraction of sp³-hybridized carbons (Fsp3) is 0.0395. The van der Waals surface area contributed by atoms with E-state index >= 15 is 0 Å². The number of sulfonamides is 4. The third kappa shape index (κ3) is 25.3. The molecule has 0 unspecified atom stereocenters. The maximum absolute atomic E-state index is 13.8. The van der Waals surface area contributed by atoms with Crippen molar-refractivity contribution < 1.29 is 70.4 Å². The number of amides is 3. The van der Waals surface area contributed by atoms with E-state index in [-0.39, 0.29) is 85.2 Å². The molecule has 45 nitrogen and oxygen atoms in total. The van der Waals surface area contributed by atoms with Crippen LogP contribution in [0.1, 0.15) is 21.5 Å². The lowest BCUT2D eigenvalue weighted by Crippen LogP contribution is -2.32. The first kappa shape index (κ1) is 93.0. The summed E-state index contributed by atoms with van der Waals surface area (Å²) >= 11 is 0. The zero-order chi connectivity index (χ0) is 93.2. The van der Waals surface area contributed by atoms with Crippen molar-refractivity contribution in [2.24, 2.45) is 20.6 Å². The number of pyridine rings is 1. The molecule has 0 aliphatic rings. The van der Waals surface area contributed by atoms with Crippen LogP contribution in [0.25, 0.3) is 0 Å². The number of benzene rings is 9. The van der Waals surface area contributed by atoms with Crippen LogP contribution < -0.4 is 91.3 Å². The number of carbonyl (C=O) groups is 4. The van der Waals surface area contributed by atoms with Gasteiger partial charge in [0.25, 0.3) is 5.91 Å². The number of nitrogens with two attached hydrogens (primary N) is 9. The van der Waals surface area contributed by atoms with Gasteiger partial charge in [-0.2, -0.15) is 29.6 Å². The van der Waals surface area contributed by atoms with Crippen molar-refractivity contribution in [3.8, 4) is 0 Å². The quantitative estimate of drug-likeness (QED) is 0.0323. The summed E-state index contributed by atoms with van der Waals surface area (Å²) in [5.41, 5.74) is 32.7. The minimum Gasteiger partial charge on any atom is -0.368 e. The van der Waals surface area contributed by atoms with Gasteiger partial charge in [0.1, 0.15) is 34.7 Å². The monoisotopic (exact) mass is 1840 g/mol. The van der Waals surface area contributed by atoms with Crippen molar-refractivity contribution in [1.29, 1.82) is 0 Å². The number of carbonyl (C=O) groups excluding carboxylic acids is 4. The van der Waals surface area contributed by atoms with Gasteiger partial charge in [-0.3, -0.25) is 15.0 Å². The van der Waals surface area contributed by atoms with Crippen LogP contribution in [-0.2, 0) is 46.6 Å². The summed E-state index contributed by atoms with van der Waals surface area (Å²) in [5, 5.41) is 59.4. The predicted molar refractivity (Wildman–Crippen MR) is 468 cm³/mol. The number of para-hydroxylation sites is 2. The first-order valence-corrected chi connectivity index (χ1v) is 42.7. The van der Waals surface area contributed by atoms with E-state index in [4.69, 9.17) is 49.2 Å². The van der Waals surface area contributed by atoms with Gasteiger partial charge in [-0.05, 0) is 177 Å². The zero-order valence-electron chi connectivity index (χ0n) is 66.6. The lowest BCUT2D eigenvalue weighted by atomic mass is 10.2. The minimum absolute atomic E-state index is 0.00745. The van der Waals surface area contributed by atoms with E-state index < -0.39 is 98.9 Å². The van der Waals surface area contributed by atoms with E-state index in [9.17, 15) is 70.4 Å². The third-order valence-electron chi connectivity index (χ3n) is 17.0. The Morgan fingerprint density at radius 2 is 0.682 bits per heavy atom. The second-order valence-corrected chi connectivity index (χ2v) is 32.5. The predicted octanol–water partition coefficient (Wildman–Crippen LogP) is 7.87. The van der Waals surface area contributed by atoms with Gasteiger partial charge in [-0.25, -0.2) is 95.8 Å². The van der Waals surface area contributed by atoms with Gasteiger partial charge in [-0.15, -0.1) is 39.5 Å². The Kier molecular flexibility index (Phi) is 29.0. The van der Waals surface area contributed by atoms with Crippen LogP contribution in [0.5, 0.6) is 0 Å². The number of rotatable bonds is 20. The summed E-state index contributed by atoms with van der Waals surface area (Å²) in [5.74, 6) is -4.67. The summed E-state index contributed by atoms with van der Waals surface area (Å²) in [6.45, 7) is 1.77. The second kappa shape index (κ2) is 40.3. The van der Waals surface area contributed by atoms with Gasteiger partial charge < -0.3 is 60.6 Å². The van der Waals surface area contributed by atoms with Crippen LogP contribution in [0.2, 0.25) is 0 Å². The van der Waals surface area contributed by atoms with Gasteiger partial charge in [0.2, 0.25) is 99.6 Å². The summed E-state index contributed by atoms with van der Waals surface area (Å²) < 4.78 is 150. The number of aryl methyl sites for hydroxylation is 1. The molecule has 15 rings (SSSR count). The molecular weight excluding hydrogens is 1770 g/mol. The highest BCUT2D eigenvalue weighted by Gasteiger charge is 2.26. The molecule has 15 aromatic rings. The maximum Gasteiger partial charge on any atom is 0.352 e. The molecule has 25 N–H and O–H groups in total. The first-order valence-electron chi connectivity index (χ1n) is 36.5. The number of hydrogen-bond donors (Lipinski definition) is 16. The van der Waals surface area contributed by atoms with Crippen LogP contribution in [0.3, 0.4) is 0 Å². The van der Waals surface area contributed by atoms with E-state index in [0.717, 1.165) is 60.3 Å². The van der Waals surface area contributed by atoms with Crippen LogP contribution in [0.15, 0.2) is 262 Å². The topological polar surface area (TPSA) is 693 Å². The van der Waals surface area contributed by atoms with Crippen molar-refractivity contribution in [2.75, 3.05) is 77.8 Å². The highest BCUT2D eigenvalue weighted by molar-refractivity contribution is 7.90. The highest BCUT2D eigenvalue weighted by Crippen LogP contribution is 2.26. The molecule has 0 saturated carbocycles. The van der Waals surface area contributed by atoms with Gasteiger partial charge in [0.05, 0.1) is 26.1 Å². The molecule has 0 aliphatic carbocycles. The Morgan fingerprint density at radius 1 is 0.357 bits per heavy atom. The van der Waals surface area contributed by atoms with Gasteiger partial charge in [0.15, 0.2) is 0 Å². The summed E-state index contributed by atoms with van der Waals surface area (Å²) in [4.78, 5) is 74.2. The molecule has 0 saturated heterocycles. The Hall–Kier alpha value is -16.7. The number of halogens is 4. The standard InChI is InChI=1S/C16H17N7O3S.C16H16N6O.C15H12F2N6O3S.C15H14F2N6O2S.C14H14N8O3S/c1-22(12-5-3-2-4-6-12)16(24)23-14(17)20-15(21-23)19-11-7-9-13(10-8-11)27(18,25)26;1-11-7-9-13(10-8-11)18-15-20-14(17)22(21-15)16(23)19-12-5-3-2-4-6-12;16-10-2-1-3-11(17)12(10)13(24)23-14(18)21-15(22-23)20-8-4-6-9(7-5-8)27(19,25)26;16-12-2-1-3-13(17)11(12)8-23-14(18)21-15(22-23)20-9-4-6-10(7-5-9)26(19,24)25;15-12-20-13(18-9-4-6-10(7-5-9)26(16,24)25)21-22(12)14(23)19-11-3-1-2-8-17-11/h2-10H,1H3,(H2,18,25,26)(H3,17,19,20,21);2-10H,1H3,(H,19,23)(H3,17,18,20,21);1-7H,(H2,19,25,26)(H3,18,20,21,22);1-7H,8H2,(H2,19,24,25)(H3,18,20,21,22);1-8H,(H2,16,24,25)(H,17,19,23)(H3,15,18,20,21). The molecule has 0 fully saturated rings. The van der Waals surface area contributed by atoms with Crippen molar-refractivity contribution in [1.82, 2.24) is 78.8 Å². The average Bonchev–Trinajstić information content (AvgIpc) is 1.72. The van der Waals surface area contributed by atoms with E-state index in [1.165, 1.54) is 114 Å². The smallest absolute Gasteiger partial charge is 0.352 e. The van der Waals surface area contributed by atoms with Crippen molar-refractivity contribution in [3.63, 3.8) is 0 Å². The first-order chi connectivity index (χ1) is 61.1. The SMILES string of the molecule is CN(C(=O)n1nc(Nc2ccc(S(N)(=O)=O)cc2)nc1N)c1ccccc1.Cc1ccc(Nc2nc(N)n(C(=O)Nc3ccccc3)n2)cc1.Nc1nc(Nc2ccc(S(N)(=O)=O)cc2)nn1C(=O)Nc1ccccn1.Nc1nc(Nc2ccc(S(N)(=O)=O)cc2)nn1C(=O)c1c(F)cccc1F.Nc1nc(Nc2ccc(S(N)(=O)=O)cc2)nn1Cc1c(F)cccc1F. The molecule has 0 atom stereocenters. The number of aromatic nitrogens is 16. The summed E-state index contributed by atoms with van der Waals surface area (Å²) in [7, 11) is -13.6. The lowest BCUT2D eigenvalue weighted by molar-refractivity contribution is 0.0939. The van der Waals surface area contributed by atoms with Crippen LogP contribution in [0.4, 0.5) is 137 Å². The van der Waals surface area contributed by atoms with E-state index in [1.807, 2.05) is 67.6 Å². The average molecular weight is 1840 g/mol. The second-order valence-electron chi connectivity index (χ2n) is 26.3. The molecule has 6 aromatic heterocycles. The Bertz CT molecular complexity index is 7000. The zero-order valence-corrected chi connectivity index (χ0v) is 69.9. The van der Waals surface area contributed by atoms with Crippen LogP contribution in [-0.4, -0.2) is 144 Å². The molecule has 0 radical (unpaired) electrons. The number of anilines is 18. The molecule has 0 bridgehead atoms. The molecule has 0 aliphatic heterocycles. The molecule has 53 heteroatoms. The largest absolute Gasteiger partial charge is 0.368 e. The molecule has 0 spiro atoms. The molecular formula is C76H73F4N33O12S4. The van der Waals surface area contributed by atoms with E-state index in [0.29, 0.717) is 44.6 Å². The Labute approximate surface area is 728 Å².